The van der Waals surface area contributed by atoms with Crippen molar-refractivity contribution >= 4 is 22.9 Å². The van der Waals surface area contributed by atoms with E-state index in [0.29, 0.717) is 10.4 Å². The van der Waals surface area contributed by atoms with Crippen LogP contribution < -0.4 is 0 Å². The van der Waals surface area contributed by atoms with Gasteiger partial charge in [-0.3, -0.25) is 9.59 Å². The van der Waals surface area contributed by atoms with Crippen molar-refractivity contribution in [3.8, 4) is 0 Å². The number of thiophene rings is 1. The summed E-state index contributed by atoms with van der Waals surface area (Å²) in [6.07, 6.45) is 0.157. The summed E-state index contributed by atoms with van der Waals surface area (Å²) in [5.41, 5.74) is 0.509. The summed E-state index contributed by atoms with van der Waals surface area (Å²) in [5, 5.41) is 1.81. The predicted molar refractivity (Wildman–Crippen MR) is 73.4 cm³/mol. The third kappa shape index (κ3) is 3.15. The Kier molecular flexibility index (Phi) is 4.22. The number of rotatable bonds is 5. The zero-order valence-electron chi connectivity index (χ0n) is 10.5. The monoisotopic (exact) mass is 276 g/mol. The largest absolute Gasteiger partial charge is 0.294 e. The topological polar surface area (TPSA) is 34.1 Å². The van der Waals surface area contributed by atoms with Gasteiger partial charge in [0.15, 0.2) is 11.6 Å². The van der Waals surface area contributed by atoms with Crippen LogP contribution in [0.15, 0.2) is 35.7 Å². The van der Waals surface area contributed by atoms with E-state index >= 15 is 0 Å². The average Bonchev–Trinajstić information content (AvgIpc) is 2.93. The van der Waals surface area contributed by atoms with E-state index in [1.165, 1.54) is 17.4 Å². The first-order chi connectivity index (χ1) is 9.09. The lowest BCUT2D eigenvalue weighted by atomic mass is 10.0. The quantitative estimate of drug-likeness (QED) is 0.772. The summed E-state index contributed by atoms with van der Waals surface area (Å²) in [4.78, 5) is 24.3. The Morgan fingerprint density at radius 3 is 2.53 bits per heavy atom. The summed E-state index contributed by atoms with van der Waals surface area (Å²) >= 11 is 1.35. The Morgan fingerprint density at radius 2 is 1.84 bits per heavy atom. The van der Waals surface area contributed by atoms with Gasteiger partial charge in [0.1, 0.15) is 5.82 Å². The lowest BCUT2D eigenvalue weighted by Crippen LogP contribution is -2.07. The molecule has 0 unspecified atom stereocenters. The van der Waals surface area contributed by atoms with E-state index in [1.807, 2.05) is 5.38 Å². The van der Waals surface area contributed by atoms with Gasteiger partial charge in [-0.2, -0.15) is 0 Å². The Labute approximate surface area is 114 Å². The average molecular weight is 276 g/mol. The van der Waals surface area contributed by atoms with Gasteiger partial charge in [0.05, 0.1) is 10.4 Å². The molecular weight excluding hydrogens is 263 g/mol. The summed E-state index contributed by atoms with van der Waals surface area (Å²) < 4.78 is 13.7. The van der Waals surface area contributed by atoms with Gasteiger partial charge in [-0.25, -0.2) is 4.39 Å². The molecule has 0 saturated heterocycles. The zero-order valence-corrected chi connectivity index (χ0v) is 11.3. The van der Waals surface area contributed by atoms with Gasteiger partial charge >= 0.3 is 0 Å². The molecule has 0 amide bonds. The van der Waals surface area contributed by atoms with Gasteiger partial charge in [0.25, 0.3) is 0 Å². The van der Waals surface area contributed by atoms with Crippen LogP contribution >= 0.6 is 11.3 Å². The van der Waals surface area contributed by atoms with Crippen molar-refractivity contribution in [2.75, 3.05) is 0 Å². The van der Waals surface area contributed by atoms with Gasteiger partial charge in [-0.05, 0) is 30.0 Å². The van der Waals surface area contributed by atoms with E-state index in [9.17, 15) is 14.0 Å². The third-order valence-electron chi connectivity index (χ3n) is 2.87. The van der Waals surface area contributed by atoms with Crippen LogP contribution in [0.4, 0.5) is 4.39 Å². The highest BCUT2D eigenvalue weighted by Crippen LogP contribution is 2.17. The van der Waals surface area contributed by atoms with Crippen LogP contribution in [0.1, 0.15) is 38.4 Å². The fraction of sp³-hybridized carbons (Fsp3) is 0.200. The number of benzene rings is 1. The van der Waals surface area contributed by atoms with Crippen LogP contribution in [0.2, 0.25) is 0 Å². The standard InChI is InChI=1S/C15H13FO2S/c1-10-4-2-5-11(15(10)16)12(17)7-8-13(18)14-6-3-9-19-14/h2-6,9H,7-8H2,1H3. The number of hydrogen-bond donors (Lipinski definition) is 0. The first-order valence-corrected chi connectivity index (χ1v) is 6.82. The molecule has 0 atom stereocenters. The number of hydrogen-bond acceptors (Lipinski definition) is 3. The molecule has 4 heteroatoms. The maximum atomic E-state index is 13.7. The summed E-state index contributed by atoms with van der Waals surface area (Å²) in [6.45, 7) is 1.61. The van der Waals surface area contributed by atoms with Crippen LogP contribution in [0.5, 0.6) is 0 Å². The first kappa shape index (κ1) is 13.6. The summed E-state index contributed by atoms with van der Waals surface area (Å²) in [6, 6.07) is 8.24. The van der Waals surface area contributed by atoms with E-state index in [4.69, 9.17) is 0 Å². The number of halogens is 1. The van der Waals surface area contributed by atoms with Crippen LogP contribution in [0.3, 0.4) is 0 Å². The molecular formula is C15H13FO2S. The maximum absolute atomic E-state index is 13.7. The summed E-state index contributed by atoms with van der Waals surface area (Å²) in [7, 11) is 0. The Balaban J connectivity index is 2.02. The lowest BCUT2D eigenvalue weighted by molar-refractivity contribution is 0.0917. The Morgan fingerprint density at radius 1 is 1.11 bits per heavy atom. The molecule has 1 aromatic heterocycles. The van der Waals surface area contributed by atoms with Gasteiger partial charge in [-0.15, -0.1) is 11.3 Å². The van der Waals surface area contributed by atoms with Crippen molar-refractivity contribution in [2.24, 2.45) is 0 Å². The highest BCUT2D eigenvalue weighted by molar-refractivity contribution is 7.12. The maximum Gasteiger partial charge on any atom is 0.173 e. The van der Waals surface area contributed by atoms with Crippen LogP contribution in [-0.2, 0) is 0 Å². The normalized spacial score (nSPS) is 10.4. The van der Waals surface area contributed by atoms with Crippen molar-refractivity contribution in [1.82, 2.24) is 0 Å². The van der Waals surface area contributed by atoms with Gasteiger partial charge in [0, 0.05) is 12.8 Å². The Hall–Kier alpha value is -1.81. The minimum absolute atomic E-state index is 0.0388. The summed E-state index contributed by atoms with van der Waals surface area (Å²) in [5.74, 6) is -0.890. The predicted octanol–water partition coefficient (Wildman–Crippen LogP) is 4.04. The molecule has 0 aliphatic rings. The molecule has 2 rings (SSSR count). The number of ketones is 2. The molecule has 0 saturated carbocycles. The van der Waals surface area contributed by atoms with Gasteiger partial charge in [0.2, 0.25) is 0 Å². The molecule has 98 valence electrons. The minimum atomic E-state index is -0.490. The van der Waals surface area contributed by atoms with E-state index in [1.54, 1.807) is 31.2 Å². The highest BCUT2D eigenvalue weighted by atomic mass is 32.1. The molecule has 0 radical (unpaired) electrons. The van der Waals surface area contributed by atoms with Crippen molar-refractivity contribution < 1.29 is 14.0 Å². The Bertz CT molecular complexity index is 603. The van der Waals surface area contributed by atoms with Crippen molar-refractivity contribution in [2.45, 2.75) is 19.8 Å². The number of carbonyl (C=O) groups is 2. The minimum Gasteiger partial charge on any atom is -0.294 e. The van der Waals surface area contributed by atoms with Crippen molar-refractivity contribution in [1.29, 1.82) is 0 Å². The molecule has 0 bridgehead atoms. The van der Waals surface area contributed by atoms with Crippen molar-refractivity contribution in [3.63, 3.8) is 0 Å². The van der Waals surface area contributed by atoms with Crippen molar-refractivity contribution in [3.05, 3.63) is 57.5 Å². The third-order valence-corrected chi connectivity index (χ3v) is 3.78. The molecule has 19 heavy (non-hydrogen) atoms. The fourth-order valence-corrected chi connectivity index (χ4v) is 2.48. The molecule has 0 aliphatic heterocycles. The fourth-order valence-electron chi connectivity index (χ4n) is 1.78. The molecule has 0 spiro atoms. The molecule has 0 aliphatic carbocycles. The first-order valence-electron chi connectivity index (χ1n) is 5.94. The van der Waals surface area contributed by atoms with Gasteiger partial charge < -0.3 is 0 Å². The van der Waals surface area contributed by atoms with E-state index in [2.05, 4.69) is 0 Å². The van der Waals surface area contributed by atoms with Crippen LogP contribution in [0.25, 0.3) is 0 Å². The molecule has 2 aromatic rings. The number of carbonyl (C=O) groups excluding carboxylic acids is 2. The van der Waals surface area contributed by atoms with Crippen LogP contribution in [-0.4, -0.2) is 11.6 Å². The van der Waals surface area contributed by atoms with Gasteiger partial charge in [-0.1, -0.05) is 18.2 Å². The highest BCUT2D eigenvalue weighted by Gasteiger charge is 2.15. The second kappa shape index (κ2) is 5.89. The SMILES string of the molecule is Cc1cccc(C(=O)CCC(=O)c2cccs2)c1F. The second-order valence-corrected chi connectivity index (χ2v) is 5.21. The zero-order chi connectivity index (χ0) is 13.8. The van der Waals surface area contributed by atoms with Crippen LogP contribution in [0, 0.1) is 12.7 Å². The molecule has 1 heterocycles. The van der Waals surface area contributed by atoms with E-state index in [0.717, 1.165) is 0 Å². The van der Waals surface area contributed by atoms with E-state index < -0.39 is 5.82 Å². The second-order valence-electron chi connectivity index (χ2n) is 4.26. The smallest absolute Gasteiger partial charge is 0.173 e. The molecule has 0 fully saturated rings. The molecule has 2 nitrogen and oxygen atoms in total. The molecule has 1 aromatic carbocycles. The van der Waals surface area contributed by atoms with E-state index in [-0.39, 0.29) is 30.0 Å². The lowest BCUT2D eigenvalue weighted by Gasteiger charge is -2.04. The number of Topliss-reactive ketones (excluding diaryl/α,β-unsaturated/α-hetero) is 2. The number of aryl methyl sites for hydroxylation is 1. The molecule has 0 N–H and O–H groups in total.